The van der Waals surface area contributed by atoms with Crippen molar-refractivity contribution in [1.29, 1.82) is 0 Å². The number of hydrogen-bond donors (Lipinski definition) is 0. The topological polar surface area (TPSA) is 79.1 Å². The maximum absolute atomic E-state index is 12.6. The highest BCUT2D eigenvalue weighted by atomic mass is 32.2. The number of ether oxygens (including phenoxy) is 2. The van der Waals surface area contributed by atoms with E-state index in [9.17, 15) is 4.79 Å². The number of carbonyl (C=O) groups is 1. The largest absolute Gasteiger partial charge is 0.462 e. The standard InChI is InChI=1S/C25H24N4O3S/c1-5-31-24(30)20-15-26-29(23(20)18-9-7-6-8-10-18)21-14-22(28-25(27-21)33-4)32-19-12-11-16(2)17(3)13-19/h6-15H,5H2,1-4H3. The fourth-order valence-corrected chi connectivity index (χ4v) is 3.66. The van der Waals surface area contributed by atoms with Crippen LogP contribution in [0, 0.1) is 13.8 Å². The first-order valence-electron chi connectivity index (χ1n) is 10.5. The Morgan fingerprint density at radius 3 is 2.52 bits per heavy atom. The van der Waals surface area contributed by atoms with Crippen LogP contribution in [0.3, 0.4) is 0 Å². The third kappa shape index (κ3) is 4.90. The van der Waals surface area contributed by atoms with Gasteiger partial charge in [-0.15, -0.1) is 0 Å². The Hall–Kier alpha value is -3.65. The summed E-state index contributed by atoms with van der Waals surface area (Å²) in [5.74, 6) is 1.13. The zero-order valence-electron chi connectivity index (χ0n) is 18.9. The molecule has 168 valence electrons. The molecule has 0 bridgehead atoms. The molecule has 0 fully saturated rings. The van der Waals surface area contributed by atoms with E-state index in [0.29, 0.717) is 33.9 Å². The number of carbonyl (C=O) groups excluding carboxylic acids is 1. The number of thioether (sulfide) groups is 1. The first-order valence-corrected chi connectivity index (χ1v) is 11.7. The summed E-state index contributed by atoms with van der Waals surface area (Å²) >= 11 is 1.40. The Labute approximate surface area is 196 Å². The van der Waals surface area contributed by atoms with Crippen LogP contribution < -0.4 is 4.74 Å². The first-order chi connectivity index (χ1) is 16.0. The van der Waals surface area contributed by atoms with Gasteiger partial charge in [0.15, 0.2) is 11.0 Å². The summed E-state index contributed by atoms with van der Waals surface area (Å²) in [6, 6.07) is 17.2. The van der Waals surface area contributed by atoms with Crippen molar-refractivity contribution in [2.24, 2.45) is 0 Å². The number of benzene rings is 2. The van der Waals surface area contributed by atoms with Gasteiger partial charge in [0.1, 0.15) is 11.3 Å². The van der Waals surface area contributed by atoms with Gasteiger partial charge in [0, 0.05) is 11.6 Å². The molecular weight excluding hydrogens is 436 g/mol. The molecule has 2 heterocycles. The molecule has 0 saturated heterocycles. The molecule has 0 unspecified atom stereocenters. The molecule has 4 aromatic rings. The molecule has 0 saturated carbocycles. The van der Waals surface area contributed by atoms with Crippen LogP contribution in [-0.2, 0) is 4.74 Å². The molecule has 2 aromatic carbocycles. The minimum atomic E-state index is -0.437. The van der Waals surface area contributed by atoms with Gasteiger partial charge in [-0.2, -0.15) is 10.1 Å². The molecule has 4 rings (SSSR count). The Balaban J connectivity index is 1.82. The smallest absolute Gasteiger partial charge is 0.342 e. The summed E-state index contributed by atoms with van der Waals surface area (Å²) in [4.78, 5) is 21.8. The second-order valence-corrected chi connectivity index (χ2v) is 8.08. The van der Waals surface area contributed by atoms with Crippen LogP contribution in [0.25, 0.3) is 17.1 Å². The molecule has 0 aliphatic rings. The van der Waals surface area contributed by atoms with Gasteiger partial charge in [0.25, 0.3) is 0 Å². The molecule has 2 aromatic heterocycles. The summed E-state index contributed by atoms with van der Waals surface area (Å²) in [6.07, 6.45) is 3.40. The minimum Gasteiger partial charge on any atom is -0.462 e. The van der Waals surface area contributed by atoms with Crippen molar-refractivity contribution in [3.8, 4) is 28.7 Å². The highest BCUT2D eigenvalue weighted by Gasteiger charge is 2.22. The lowest BCUT2D eigenvalue weighted by Crippen LogP contribution is -2.08. The van der Waals surface area contributed by atoms with E-state index in [4.69, 9.17) is 9.47 Å². The van der Waals surface area contributed by atoms with Crippen LogP contribution in [0.1, 0.15) is 28.4 Å². The summed E-state index contributed by atoms with van der Waals surface area (Å²) < 4.78 is 12.9. The van der Waals surface area contributed by atoms with Gasteiger partial charge in [-0.25, -0.2) is 14.5 Å². The van der Waals surface area contributed by atoms with Gasteiger partial charge < -0.3 is 9.47 Å². The zero-order valence-corrected chi connectivity index (χ0v) is 19.7. The molecule has 0 radical (unpaired) electrons. The van der Waals surface area contributed by atoms with Crippen molar-refractivity contribution >= 4 is 17.7 Å². The van der Waals surface area contributed by atoms with Crippen molar-refractivity contribution in [3.05, 3.63) is 77.5 Å². The molecule has 0 atom stereocenters. The third-order valence-electron chi connectivity index (χ3n) is 5.08. The lowest BCUT2D eigenvalue weighted by Gasteiger charge is -2.12. The predicted molar refractivity (Wildman–Crippen MR) is 128 cm³/mol. The second-order valence-electron chi connectivity index (χ2n) is 7.30. The highest BCUT2D eigenvalue weighted by molar-refractivity contribution is 7.98. The molecule has 0 aliphatic carbocycles. The van der Waals surface area contributed by atoms with Crippen LogP contribution in [0.15, 0.2) is 66.0 Å². The van der Waals surface area contributed by atoms with E-state index < -0.39 is 5.97 Å². The molecule has 8 heteroatoms. The lowest BCUT2D eigenvalue weighted by atomic mass is 10.1. The van der Waals surface area contributed by atoms with Crippen molar-refractivity contribution < 1.29 is 14.3 Å². The summed E-state index contributed by atoms with van der Waals surface area (Å²) in [5, 5.41) is 5.00. The van der Waals surface area contributed by atoms with Gasteiger partial charge in [-0.05, 0) is 50.3 Å². The van der Waals surface area contributed by atoms with Gasteiger partial charge in [0.05, 0.1) is 18.5 Å². The van der Waals surface area contributed by atoms with Gasteiger partial charge in [-0.1, -0.05) is 48.2 Å². The van der Waals surface area contributed by atoms with Gasteiger partial charge >= 0.3 is 5.97 Å². The summed E-state index contributed by atoms with van der Waals surface area (Å²) in [5.41, 5.74) is 4.09. The van der Waals surface area contributed by atoms with E-state index in [-0.39, 0.29) is 6.61 Å². The van der Waals surface area contributed by atoms with Crippen molar-refractivity contribution in [3.63, 3.8) is 0 Å². The number of aromatic nitrogens is 4. The lowest BCUT2D eigenvalue weighted by molar-refractivity contribution is 0.0527. The summed E-state index contributed by atoms with van der Waals surface area (Å²) in [7, 11) is 0. The van der Waals surface area contributed by atoms with Crippen LogP contribution in [0.2, 0.25) is 0 Å². The zero-order chi connectivity index (χ0) is 23.4. The summed E-state index contributed by atoms with van der Waals surface area (Å²) in [6.45, 7) is 6.14. The van der Waals surface area contributed by atoms with E-state index in [2.05, 4.69) is 22.0 Å². The fraction of sp³-hybridized carbons (Fsp3) is 0.200. The Morgan fingerprint density at radius 2 is 1.82 bits per heavy atom. The number of nitrogens with zero attached hydrogens (tertiary/aromatic N) is 4. The fourth-order valence-electron chi connectivity index (χ4n) is 3.30. The molecule has 7 nitrogen and oxygen atoms in total. The molecule has 0 amide bonds. The van der Waals surface area contributed by atoms with E-state index in [0.717, 1.165) is 11.1 Å². The quantitative estimate of drug-likeness (QED) is 0.201. The van der Waals surface area contributed by atoms with E-state index >= 15 is 0 Å². The predicted octanol–water partition coefficient (Wildman–Crippen LogP) is 5.64. The average Bonchev–Trinajstić information content (AvgIpc) is 3.27. The number of hydrogen-bond acceptors (Lipinski definition) is 7. The third-order valence-corrected chi connectivity index (χ3v) is 5.63. The second kappa shape index (κ2) is 9.87. The van der Waals surface area contributed by atoms with E-state index in [1.807, 2.05) is 61.7 Å². The average molecular weight is 461 g/mol. The van der Waals surface area contributed by atoms with Crippen molar-refractivity contribution in [2.45, 2.75) is 25.9 Å². The number of esters is 1. The molecular formula is C25H24N4O3S. The highest BCUT2D eigenvalue weighted by Crippen LogP contribution is 2.30. The van der Waals surface area contributed by atoms with Crippen LogP contribution >= 0.6 is 11.8 Å². The monoisotopic (exact) mass is 460 g/mol. The number of rotatable bonds is 7. The molecule has 33 heavy (non-hydrogen) atoms. The van der Waals surface area contributed by atoms with Gasteiger partial charge in [0.2, 0.25) is 5.88 Å². The number of aryl methyl sites for hydroxylation is 2. The SMILES string of the molecule is CCOC(=O)c1cnn(-c2cc(Oc3ccc(C)c(C)c3)nc(SC)n2)c1-c1ccccc1. The molecule has 0 N–H and O–H groups in total. The molecule has 0 aliphatic heterocycles. The van der Waals surface area contributed by atoms with Crippen LogP contribution in [0.5, 0.6) is 11.6 Å². The van der Waals surface area contributed by atoms with Gasteiger partial charge in [-0.3, -0.25) is 0 Å². The molecule has 0 spiro atoms. The Morgan fingerprint density at radius 1 is 1.03 bits per heavy atom. The normalized spacial score (nSPS) is 10.8. The van der Waals surface area contributed by atoms with Crippen molar-refractivity contribution in [1.82, 2.24) is 19.7 Å². The van der Waals surface area contributed by atoms with E-state index in [1.54, 1.807) is 17.7 Å². The van der Waals surface area contributed by atoms with Crippen LogP contribution in [-0.4, -0.2) is 38.6 Å². The first kappa shape index (κ1) is 22.5. The Bertz CT molecular complexity index is 1290. The van der Waals surface area contributed by atoms with E-state index in [1.165, 1.54) is 23.5 Å². The Kier molecular flexibility index (Phi) is 6.74. The van der Waals surface area contributed by atoms with Crippen molar-refractivity contribution in [2.75, 3.05) is 12.9 Å². The minimum absolute atomic E-state index is 0.274. The van der Waals surface area contributed by atoms with Crippen LogP contribution in [0.4, 0.5) is 0 Å². The maximum atomic E-state index is 12.6. The maximum Gasteiger partial charge on any atom is 0.342 e.